The molecule has 0 unspecified atom stereocenters. The van der Waals surface area contributed by atoms with Gasteiger partial charge in [-0.05, 0) is 85.8 Å². The summed E-state index contributed by atoms with van der Waals surface area (Å²) in [6.45, 7) is 4.30. The Kier molecular flexibility index (Phi) is 6.62. The van der Waals surface area contributed by atoms with Crippen LogP contribution in [0.5, 0.6) is 0 Å². The Hall–Kier alpha value is -2.18. The summed E-state index contributed by atoms with van der Waals surface area (Å²) in [5.41, 5.74) is 7.36. The molecule has 0 bridgehead atoms. The van der Waals surface area contributed by atoms with E-state index in [9.17, 15) is 0 Å². The van der Waals surface area contributed by atoms with Crippen LogP contribution in [-0.2, 0) is 0 Å². The van der Waals surface area contributed by atoms with E-state index in [2.05, 4.69) is 66.2 Å². The summed E-state index contributed by atoms with van der Waals surface area (Å²) in [5, 5.41) is 0. The second kappa shape index (κ2) is 9.55. The molecule has 0 amide bonds. The van der Waals surface area contributed by atoms with Gasteiger partial charge in [0.25, 0.3) is 0 Å². The standard InChI is InChI=1S/C27H34N2/c1-20-17-24(22-9-5-3-6-10-22)13-15-26(20)28-19-29-27-16-14-25(18-21(27)2)23-11-7-4-8-12-23/h13-18,22-23H,3-12H2,1-2H3. The van der Waals surface area contributed by atoms with Crippen LogP contribution in [-0.4, -0.2) is 6.01 Å². The lowest BCUT2D eigenvalue weighted by molar-refractivity contribution is 0.443. The monoisotopic (exact) mass is 386 g/mol. The second-order valence-electron chi connectivity index (χ2n) is 9.09. The Morgan fingerprint density at radius 2 is 1.03 bits per heavy atom. The molecule has 2 nitrogen and oxygen atoms in total. The van der Waals surface area contributed by atoms with Gasteiger partial charge in [0.05, 0.1) is 11.4 Å². The first-order chi connectivity index (χ1) is 14.2. The molecule has 0 N–H and O–H groups in total. The van der Waals surface area contributed by atoms with Crippen molar-refractivity contribution in [2.24, 2.45) is 9.98 Å². The third-order valence-electron chi connectivity index (χ3n) is 6.94. The quantitative estimate of drug-likeness (QED) is 0.470. The van der Waals surface area contributed by atoms with Crippen molar-refractivity contribution in [3.8, 4) is 0 Å². The Bertz CT molecular complexity index is 821. The summed E-state index contributed by atoms with van der Waals surface area (Å²) in [7, 11) is 0. The van der Waals surface area contributed by atoms with Gasteiger partial charge in [0, 0.05) is 0 Å². The fraction of sp³-hybridized carbons (Fsp3) is 0.519. The molecule has 152 valence electrons. The van der Waals surface area contributed by atoms with Gasteiger partial charge < -0.3 is 0 Å². The normalized spacial score (nSPS) is 18.3. The van der Waals surface area contributed by atoms with Gasteiger partial charge in [0.1, 0.15) is 6.01 Å². The van der Waals surface area contributed by atoms with Crippen molar-refractivity contribution >= 4 is 17.4 Å². The number of aryl methyl sites for hydroxylation is 2. The van der Waals surface area contributed by atoms with E-state index in [1.807, 2.05) is 0 Å². The molecule has 0 heterocycles. The van der Waals surface area contributed by atoms with Crippen molar-refractivity contribution in [2.45, 2.75) is 89.9 Å². The fourth-order valence-electron chi connectivity index (χ4n) is 5.12. The molecule has 0 aliphatic heterocycles. The number of rotatable bonds is 4. The number of nitrogens with zero attached hydrogens (tertiary/aromatic N) is 2. The molecule has 2 aliphatic rings. The van der Waals surface area contributed by atoms with Gasteiger partial charge in [0.2, 0.25) is 0 Å². The van der Waals surface area contributed by atoms with Crippen LogP contribution >= 0.6 is 0 Å². The smallest absolute Gasteiger partial charge is 0.100 e. The van der Waals surface area contributed by atoms with E-state index in [4.69, 9.17) is 0 Å². The first-order valence-electron chi connectivity index (χ1n) is 11.6. The first kappa shape index (κ1) is 20.1. The van der Waals surface area contributed by atoms with Crippen molar-refractivity contribution in [1.82, 2.24) is 0 Å². The molecule has 0 saturated heterocycles. The summed E-state index contributed by atoms with van der Waals surface area (Å²) in [6.07, 6.45) is 13.6. The van der Waals surface area contributed by atoms with Gasteiger partial charge in [-0.2, -0.15) is 9.98 Å². The van der Waals surface area contributed by atoms with Crippen molar-refractivity contribution in [1.29, 1.82) is 0 Å². The Balaban J connectivity index is 1.46. The zero-order valence-electron chi connectivity index (χ0n) is 18.1. The van der Waals surface area contributed by atoms with Crippen LogP contribution in [0.25, 0.3) is 0 Å². The van der Waals surface area contributed by atoms with Crippen LogP contribution in [0.1, 0.15) is 98.3 Å². The minimum Gasteiger partial charge on any atom is -0.187 e. The SMILES string of the molecule is Cc1cc(C2CCCCC2)ccc1N=C=Nc1ccc(C2CCCCC2)cc1C. The van der Waals surface area contributed by atoms with E-state index < -0.39 is 0 Å². The van der Waals surface area contributed by atoms with Gasteiger partial charge in [-0.25, -0.2) is 0 Å². The molecule has 29 heavy (non-hydrogen) atoms. The van der Waals surface area contributed by atoms with E-state index in [1.165, 1.54) is 86.5 Å². The molecule has 4 rings (SSSR count). The predicted molar refractivity (Wildman–Crippen MR) is 123 cm³/mol. The molecule has 2 aromatic rings. The third kappa shape index (κ3) is 5.06. The fourth-order valence-corrected chi connectivity index (χ4v) is 5.12. The maximum Gasteiger partial charge on any atom is 0.100 e. The molecule has 2 saturated carbocycles. The van der Waals surface area contributed by atoms with Crippen molar-refractivity contribution in [3.63, 3.8) is 0 Å². The minimum atomic E-state index is 0.736. The zero-order chi connectivity index (χ0) is 20.1. The summed E-state index contributed by atoms with van der Waals surface area (Å²) in [5.74, 6) is 1.47. The van der Waals surface area contributed by atoms with Crippen LogP contribution in [0, 0.1) is 13.8 Å². The molecule has 0 spiro atoms. The Morgan fingerprint density at radius 3 is 1.41 bits per heavy atom. The minimum absolute atomic E-state index is 0.736. The molecule has 0 aromatic heterocycles. The number of hydrogen-bond acceptors (Lipinski definition) is 2. The average Bonchev–Trinajstić information content (AvgIpc) is 2.77. The van der Waals surface area contributed by atoms with E-state index in [1.54, 1.807) is 0 Å². The number of aliphatic imine (C=N–C) groups is 2. The van der Waals surface area contributed by atoms with Gasteiger partial charge in [-0.15, -0.1) is 0 Å². The van der Waals surface area contributed by atoms with Gasteiger partial charge >= 0.3 is 0 Å². The molecule has 0 radical (unpaired) electrons. The van der Waals surface area contributed by atoms with Crippen molar-refractivity contribution in [2.75, 3.05) is 0 Å². The van der Waals surface area contributed by atoms with Crippen molar-refractivity contribution < 1.29 is 0 Å². The Morgan fingerprint density at radius 1 is 0.621 bits per heavy atom. The molecule has 2 aromatic carbocycles. The van der Waals surface area contributed by atoms with Gasteiger partial charge in [-0.3, -0.25) is 0 Å². The van der Waals surface area contributed by atoms with Gasteiger partial charge in [-0.1, -0.05) is 62.8 Å². The highest BCUT2D eigenvalue weighted by Crippen LogP contribution is 2.35. The summed E-state index contributed by atoms with van der Waals surface area (Å²) < 4.78 is 0. The first-order valence-corrected chi connectivity index (χ1v) is 11.6. The van der Waals surface area contributed by atoms with Crippen molar-refractivity contribution in [3.05, 3.63) is 58.7 Å². The lowest BCUT2D eigenvalue weighted by Crippen LogP contribution is -2.04. The highest BCUT2D eigenvalue weighted by atomic mass is 14.8. The molecule has 0 atom stereocenters. The molecule has 2 aliphatic carbocycles. The predicted octanol–water partition coefficient (Wildman–Crippen LogP) is 8.54. The zero-order valence-corrected chi connectivity index (χ0v) is 18.1. The number of hydrogen-bond donors (Lipinski definition) is 0. The lowest BCUT2D eigenvalue weighted by atomic mass is 9.83. The van der Waals surface area contributed by atoms with E-state index in [-0.39, 0.29) is 0 Å². The average molecular weight is 387 g/mol. The van der Waals surface area contributed by atoms with E-state index in [0.29, 0.717) is 0 Å². The summed E-state index contributed by atoms with van der Waals surface area (Å²) in [4.78, 5) is 9.05. The van der Waals surface area contributed by atoms with Crippen LogP contribution in [0.2, 0.25) is 0 Å². The number of benzene rings is 2. The van der Waals surface area contributed by atoms with Crippen LogP contribution in [0.4, 0.5) is 11.4 Å². The second-order valence-corrected chi connectivity index (χ2v) is 9.09. The Labute approximate surface area is 176 Å². The molecule has 2 fully saturated rings. The summed E-state index contributed by atoms with van der Waals surface area (Å²) in [6, 6.07) is 16.4. The largest absolute Gasteiger partial charge is 0.187 e. The van der Waals surface area contributed by atoms with Gasteiger partial charge in [0.15, 0.2) is 0 Å². The maximum atomic E-state index is 4.52. The van der Waals surface area contributed by atoms with Crippen LogP contribution in [0.15, 0.2) is 46.4 Å². The third-order valence-corrected chi connectivity index (χ3v) is 6.94. The highest BCUT2D eigenvalue weighted by Gasteiger charge is 2.17. The van der Waals surface area contributed by atoms with Crippen LogP contribution < -0.4 is 0 Å². The topological polar surface area (TPSA) is 24.7 Å². The molecular formula is C27H34N2. The van der Waals surface area contributed by atoms with E-state index in [0.717, 1.165) is 23.2 Å². The maximum absolute atomic E-state index is 4.52. The molecule has 2 heteroatoms. The van der Waals surface area contributed by atoms with Crippen LogP contribution in [0.3, 0.4) is 0 Å². The summed E-state index contributed by atoms with van der Waals surface area (Å²) >= 11 is 0. The van der Waals surface area contributed by atoms with E-state index >= 15 is 0 Å². The lowest BCUT2D eigenvalue weighted by Gasteiger charge is -2.22. The highest BCUT2D eigenvalue weighted by molar-refractivity contribution is 5.62. The molecular weight excluding hydrogens is 352 g/mol.